The summed E-state index contributed by atoms with van der Waals surface area (Å²) in [6.07, 6.45) is 0. The predicted molar refractivity (Wildman–Crippen MR) is 119 cm³/mol. The SMILES string of the molecule is Cc1ccc(NC(=O)Cn2nc(S(=O)(=O)c3ccc(C(C)C)cc3)ccc2=O)cc1Cl. The number of amides is 1. The van der Waals surface area contributed by atoms with Gasteiger partial charge in [-0.15, -0.1) is 0 Å². The summed E-state index contributed by atoms with van der Waals surface area (Å²) in [7, 11) is -3.95. The summed E-state index contributed by atoms with van der Waals surface area (Å²) >= 11 is 6.05. The van der Waals surface area contributed by atoms with Crippen LogP contribution in [0.4, 0.5) is 5.69 Å². The molecule has 0 atom stereocenters. The Hall–Kier alpha value is -2.97. The molecule has 1 N–H and O–H groups in total. The number of sulfone groups is 1. The Morgan fingerprint density at radius 1 is 1.10 bits per heavy atom. The number of hydrogen-bond donors (Lipinski definition) is 1. The van der Waals surface area contributed by atoms with Gasteiger partial charge in [-0.3, -0.25) is 9.59 Å². The van der Waals surface area contributed by atoms with E-state index in [4.69, 9.17) is 11.6 Å². The highest BCUT2D eigenvalue weighted by molar-refractivity contribution is 7.91. The first-order chi connectivity index (χ1) is 14.6. The van der Waals surface area contributed by atoms with E-state index in [1.165, 1.54) is 12.1 Å². The summed E-state index contributed by atoms with van der Waals surface area (Å²) in [6, 6.07) is 13.7. The van der Waals surface area contributed by atoms with Crippen molar-refractivity contribution in [3.63, 3.8) is 0 Å². The Labute approximate surface area is 185 Å². The van der Waals surface area contributed by atoms with Crippen molar-refractivity contribution in [2.75, 3.05) is 5.32 Å². The van der Waals surface area contributed by atoms with E-state index in [0.717, 1.165) is 27.9 Å². The first-order valence-corrected chi connectivity index (χ1v) is 11.4. The first-order valence-electron chi connectivity index (χ1n) is 9.57. The topological polar surface area (TPSA) is 98.1 Å². The lowest BCUT2D eigenvalue weighted by Crippen LogP contribution is -2.30. The van der Waals surface area contributed by atoms with Gasteiger partial charge in [0.1, 0.15) is 6.54 Å². The van der Waals surface area contributed by atoms with Gasteiger partial charge in [-0.05, 0) is 54.3 Å². The number of carbonyl (C=O) groups excluding carboxylic acids is 1. The van der Waals surface area contributed by atoms with Gasteiger partial charge in [0.25, 0.3) is 5.56 Å². The Morgan fingerprint density at radius 2 is 1.77 bits per heavy atom. The van der Waals surface area contributed by atoms with Crippen LogP contribution in [-0.4, -0.2) is 24.1 Å². The van der Waals surface area contributed by atoms with Gasteiger partial charge in [-0.1, -0.05) is 43.6 Å². The molecular weight excluding hydrogens is 438 g/mol. The fraction of sp³-hybridized carbons (Fsp3) is 0.227. The molecule has 0 fully saturated rings. The van der Waals surface area contributed by atoms with Crippen LogP contribution < -0.4 is 10.9 Å². The molecule has 0 saturated carbocycles. The van der Waals surface area contributed by atoms with Crippen molar-refractivity contribution >= 4 is 33.0 Å². The maximum atomic E-state index is 12.9. The van der Waals surface area contributed by atoms with Crippen LogP contribution >= 0.6 is 11.6 Å². The number of rotatable bonds is 6. The molecule has 7 nitrogen and oxygen atoms in total. The van der Waals surface area contributed by atoms with Gasteiger partial charge in [-0.2, -0.15) is 5.10 Å². The molecule has 1 aromatic heterocycles. The number of benzene rings is 2. The Morgan fingerprint density at radius 3 is 2.39 bits per heavy atom. The molecule has 0 bridgehead atoms. The van der Waals surface area contributed by atoms with Crippen LogP contribution in [0.1, 0.15) is 30.9 Å². The number of aromatic nitrogens is 2. The summed E-state index contributed by atoms with van der Waals surface area (Å²) in [6.45, 7) is 5.41. The molecule has 0 radical (unpaired) electrons. The molecule has 1 heterocycles. The minimum absolute atomic E-state index is 0.0633. The number of nitrogens with one attached hydrogen (secondary N) is 1. The number of nitrogens with zero attached hydrogens (tertiary/aromatic N) is 2. The van der Waals surface area contributed by atoms with Gasteiger partial charge in [0.2, 0.25) is 15.7 Å². The lowest BCUT2D eigenvalue weighted by Gasteiger charge is -2.10. The maximum absolute atomic E-state index is 12.9. The quantitative estimate of drug-likeness (QED) is 0.604. The van der Waals surface area contributed by atoms with Crippen LogP contribution in [0.25, 0.3) is 0 Å². The predicted octanol–water partition coefficient (Wildman–Crippen LogP) is 3.80. The molecule has 3 aromatic rings. The normalized spacial score (nSPS) is 11.5. The van der Waals surface area contributed by atoms with Crippen molar-refractivity contribution < 1.29 is 13.2 Å². The smallest absolute Gasteiger partial charge is 0.267 e. The molecule has 0 aliphatic heterocycles. The van der Waals surface area contributed by atoms with E-state index >= 15 is 0 Å². The fourth-order valence-corrected chi connectivity index (χ4v) is 4.22. The van der Waals surface area contributed by atoms with Gasteiger partial charge in [0.05, 0.1) is 4.90 Å². The molecule has 3 rings (SSSR count). The van der Waals surface area contributed by atoms with Gasteiger partial charge < -0.3 is 5.32 Å². The van der Waals surface area contributed by atoms with E-state index < -0.39 is 27.8 Å². The zero-order valence-electron chi connectivity index (χ0n) is 17.3. The number of carbonyl (C=O) groups is 1. The average Bonchev–Trinajstić information content (AvgIpc) is 2.72. The van der Waals surface area contributed by atoms with Crippen LogP contribution in [0.5, 0.6) is 0 Å². The standard InChI is InChI=1S/C22H22ClN3O4S/c1-14(2)16-5-8-18(9-6-16)31(29,30)21-10-11-22(28)26(25-21)13-20(27)24-17-7-4-15(3)19(23)12-17/h4-12,14H,13H2,1-3H3,(H,24,27). The Kier molecular flexibility index (Phi) is 6.62. The average molecular weight is 460 g/mol. The molecule has 0 aliphatic carbocycles. The number of aryl methyl sites for hydroxylation is 1. The molecule has 2 aromatic carbocycles. The highest BCUT2D eigenvalue weighted by Crippen LogP contribution is 2.22. The summed E-state index contributed by atoms with van der Waals surface area (Å²) in [5.74, 6) is -0.274. The summed E-state index contributed by atoms with van der Waals surface area (Å²) < 4.78 is 26.7. The third-order valence-electron chi connectivity index (χ3n) is 4.72. The van der Waals surface area contributed by atoms with E-state index in [0.29, 0.717) is 10.7 Å². The van der Waals surface area contributed by atoms with Crippen molar-refractivity contribution in [3.8, 4) is 0 Å². The third-order valence-corrected chi connectivity index (χ3v) is 6.79. The molecule has 0 unspecified atom stereocenters. The number of anilines is 1. The molecule has 0 aliphatic rings. The van der Waals surface area contributed by atoms with E-state index in [1.807, 2.05) is 20.8 Å². The lowest BCUT2D eigenvalue weighted by atomic mass is 10.0. The summed E-state index contributed by atoms with van der Waals surface area (Å²) in [5, 5.41) is 6.72. The second-order valence-corrected chi connectivity index (χ2v) is 9.71. The van der Waals surface area contributed by atoms with Crippen LogP contribution in [0.15, 0.2) is 69.3 Å². The fourth-order valence-electron chi connectivity index (χ4n) is 2.85. The van der Waals surface area contributed by atoms with E-state index in [1.54, 1.807) is 30.3 Å². The zero-order chi connectivity index (χ0) is 22.8. The van der Waals surface area contributed by atoms with Crippen molar-refractivity contribution in [2.24, 2.45) is 0 Å². The first kappa shape index (κ1) is 22.7. The molecular formula is C22H22ClN3O4S. The van der Waals surface area contributed by atoms with E-state index in [2.05, 4.69) is 10.4 Å². The van der Waals surface area contributed by atoms with Gasteiger partial charge in [-0.25, -0.2) is 13.1 Å². The van der Waals surface area contributed by atoms with Crippen LogP contribution in [-0.2, 0) is 21.2 Å². The molecule has 1 amide bonds. The van der Waals surface area contributed by atoms with E-state index in [-0.39, 0.29) is 15.8 Å². The second-order valence-electron chi connectivity index (χ2n) is 7.41. The van der Waals surface area contributed by atoms with Crippen LogP contribution in [0, 0.1) is 6.92 Å². The monoisotopic (exact) mass is 459 g/mol. The lowest BCUT2D eigenvalue weighted by molar-refractivity contribution is -0.117. The van der Waals surface area contributed by atoms with Gasteiger partial charge in [0, 0.05) is 16.8 Å². The second kappa shape index (κ2) is 9.03. The Bertz CT molecular complexity index is 1280. The largest absolute Gasteiger partial charge is 0.324 e. The molecule has 162 valence electrons. The van der Waals surface area contributed by atoms with Gasteiger partial charge >= 0.3 is 0 Å². The van der Waals surface area contributed by atoms with Crippen LogP contribution in [0.3, 0.4) is 0 Å². The van der Waals surface area contributed by atoms with Crippen molar-refractivity contribution in [1.82, 2.24) is 9.78 Å². The minimum atomic E-state index is -3.95. The summed E-state index contributed by atoms with van der Waals surface area (Å²) in [4.78, 5) is 24.6. The van der Waals surface area contributed by atoms with E-state index in [9.17, 15) is 18.0 Å². The van der Waals surface area contributed by atoms with Crippen molar-refractivity contribution in [2.45, 2.75) is 43.2 Å². The third kappa shape index (κ3) is 5.21. The minimum Gasteiger partial charge on any atom is -0.324 e. The van der Waals surface area contributed by atoms with Gasteiger partial charge in [0.15, 0.2) is 5.03 Å². The molecule has 9 heteroatoms. The van der Waals surface area contributed by atoms with Crippen LogP contribution in [0.2, 0.25) is 5.02 Å². The molecule has 31 heavy (non-hydrogen) atoms. The highest BCUT2D eigenvalue weighted by Gasteiger charge is 2.21. The Balaban J connectivity index is 1.84. The van der Waals surface area contributed by atoms with Crippen molar-refractivity contribution in [1.29, 1.82) is 0 Å². The molecule has 0 spiro atoms. The summed E-state index contributed by atoms with van der Waals surface area (Å²) in [5.41, 5.74) is 1.73. The zero-order valence-corrected chi connectivity index (χ0v) is 18.9. The highest BCUT2D eigenvalue weighted by atomic mass is 35.5. The number of hydrogen-bond acceptors (Lipinski definition) is 5. The molecule has 0 saturated heterocycles. The maximum Gasteiger partial charge on any atom is 0.267 e. The number of halogens is 1. The van der Waals surface area contributed by atoms with Crippen molar-refractivity contribution in [3.05, 3.63) is 81.1 Å².